The Morgan fingerprint density at radius 2 is 1.80 bits per heavy atom. The standard InChI is InChI=1S/C18H13Cl2NO4/c1-10-2-3-13(20)8-14(10)21-17(22)9-24-18(23)16-7-11-6-12(19)4-5-15(11)25-16/h2-8H,9H2,1H3,(H,21,22). The molecule has 0 bridgehead atoms. The van der Waals surface area contributed by atoms with Gasteiger partial charge in [-0.15, -0.1) is 0 Å². The van der Waals surface area contributed by atoms with Crippen LogP contribution in [0.4, 0.5) is 5.69 Å². The van der Waals surface area contributed by atoms with E-state index in [-0.39, 0.29) is 5.76 Å². The molecule has 0 spiro atoms. The summed E-state index contributed by atoms with van der Waals surface area (Å²) in [6, 6.07) is 11.6. The van der Waals surface area contributed by atoms with E-state index in [2.05, 4.69) is 5.32 Å². The number of halogens is 2. The molecule has 0 atom stereocenters. The minimum Gasteiger partial charge on any atom is -0.450 e. The molecule has 0 radical (unpaired) electrons. The summed E-state index contributed by atoms with van der Waals surface area (Å²) in [6.07, 6.45) is 0. The molecule has 0 saturated carbocycles. The van der Waals surface area contributed by atoms with Crippen LogP contribution in [-0.2, 0) is 9.53 Å². The van der Waals surface area contributed by atoms with Crippen molar-refractivity contribution in [3.8, 4) is 0 Å². The minimum absolute atomic E-state index is 0.00371. The maximum Gasteiger partial charge on any atom is 0.374 e. The third-order valence-corrected chi connectivity index (χ3v) is 3.96. The second kappa shape index (κ2) is 7.17. The summed E-state index contributed by atoms with van der Waals surface area (Å²) in [6.45, 7) is 1.39. The van der Waals surface area contributed by atoms with Crippen molar-refractivity contribution in [2.75, 3.05) is 11.9 Å². The van der Waals surface area contributed by atoms with Crippen LogP contribution < -0.4 is 5.32 Å². The van der Waals surface area contributed by atoms with Crippen molar-refractivity contribution in [1.82, 2.24) is 0 Å². The number of esters is 1. The van der Waals surface area contributed by atoms with E-state index in [0.29, 0.717) is 26.7 Å². The quantitative estimate of drug-likeness (QED) is 0.660. The van der Waals surface area contributed by atoms with Gasteiger partial charge in [-0.1, -0.05) is 29.3 Å². The number of nitrogens with one attached hydrogen (secondary N) is 1. The lowest BCUT2D eigenvalue weighted by Crippen LogP contribution is -2.21. The van der Waals surface area contributed by atoms with Crippen molar-refractivity contribution in [2.45, 2.75) is 6.92 Å². The van der Waals surface area contributed by atoms with Gasteiger partial charge in [0.15, 0.2) is 6.61 Å². The summed E-state index contributed by atoms with van der Waals surface area (Å²) in [7, 11) is 0. The Labute approximate surface area is 153 Å². The number of carbonyl (C=O) groups is 2. The van der Waals surface area contributed by atoms with Gasteiger partial charge < -0.3 is 14.5 Å². The molecule has 1 aromatic heterocycles. The third kappa shape index (κ3) is 4.13. The van der Waals surface area contributed by atoms with Gasteiger partial charge in [-0.3, -0.25) is 4.79 Å². The molecule has 1 N–H and O–H groups in total. The first-order chi connectivity index (χ1) is 11.9. The van der Waals surface area contributed by atoms with E-state index in [1.807, 2.05) is 6.92 Å². The molecule has 5 nitrogen and oxygen atoms in total. The highest BCUT2D eigenvalue weighted by atomic mass is 35.5. The fourth-order valence-corrected chi connectivity index (χ4v) is 2.58. The van der Waals surface area contributed by atoms with E-state index in [1.54, 1.807) is 36.4 Å². The Morgan fingerprint density at radius 1 is 1.08 bits per heavy atom. The first kappa shape index (κ1) is 17.3. The highest BCUT2D eigenvalue weighted by Gasteiger charge is 2.16. The topological polar surface area (TPSA) is 68.5 Å². The van der Waals surface area contributed by atoms with Gasteiger partial charge in [0, 0.05) is 21.1 Å². The molecular weight excluding hydrogens is 365 g/mol. The number of hydrogen-bond acceptors (Lipinski definition) is 4. The monoisotopic (exact) mass is 377 g/mol. The van der Waals surface area contributed by atoms with Crippen LogP contribution in [0.15, 0.2) is 46.9 Å². The highest BCUT2D eigenvalue weighted by Crippen LogP contribution is 2.23. The van der Waals surface area contributed by atoms with Crippen molar-refractivity contribution in [3.63, 3.8) is 0 Å². The van der Waals surface area contributed by atoms with Crippen molar-refractivity contribution in [3.05, 3.63) is 63.8 Å². The molecule has 2 aromatic carbocycles. The average molecular weight is 378 g/mol. The Kier molecular flexibility index (Phi) is 4.97. The van der Waals surface area contributed by atoms with Crippen LogP contribution in [0.3, 0.4) is 0 Å². The molecule has 0 unspecified atom stereocenters. The van der Waals surface area contributed by atoms with Crippen molar-refractivity contribution >= 4 is 51.7 Å². The number of hydrogen-bond donors (Lipinski definition) is 1. The second-order valence-corrected chi connectivity index (χ2v) is 6.25. The summed E-state index contributed by atoms with van der Waals surface area (Å²) in [5.41, 5.74) is 1.92. The highest BCUT2D eigenvalue weighted by molar-refractivity contribution is 6.31. The molecule has 7 heteroatoms. The largest absolute Gasteiger partial charge is 0.450 e. The molecule has 0 saturated heterocycles. The number of ether oxygens (including phenoxy) is 1. The number of fused-ring (bicyclic) bond motifs is 1. The fraction of sp³-hybridized carbons (Fsp3) is 0.111. The molecule has 3 rings (SSSR count). The molecule has 1 amide bonds. The van der Waals surface area contributed by atoms with E-state index in [9.17, 15) is 9.59 Å². The predicted octanol–water partition coefficient (Wildman–Crippen LogP) is 4.84. The molecule has 0 aliphatic carbocycles. The zero-order valence-corrected chi connectivity index (χ0v) is 14.6. The van der Waals surface area contributed by atoms with Gasteiger partial charge in [-0.2, -0.15) is 0 Å². The summed E-state index contributed by atoms with van der Waals surface area (Å²) in [5.74, 6) is -1.20. The maximum absolute atomic E-state index is 12.0. The lowest BCUT2D eigenvalue weighted by molar-refractivity contribution is -0.119. The number of carbonyl (C=O) groups excluding carboxylic acids is 2. The SMILES string of the molecule is Cc1ccc(Cl)cc1NC(=O)COC(=O)c1cc2cc(Cl)ccc2o1. The molecule has 25 heavy (non-hydrogen) atoms. The van der Waals surface area contributed by atoms with Gasteiger partial charge in [0.05, 0.1) is 0 Å². The van der Waals surface area contributed by atoms with Crippen LogP contribution in [0.2, 0.25) is 10.0 Å². The van der Waals surface area contributed by atoms with Crippen LogP contribution in [0.25, 0.3) is 11.0 Å². The van der Waals surface area contributed by atoms with Gasteiger partial charge in [0.25, 0.3) is 5.91 Å². The van der Waals surface area contributed by atoms with Gasteiger partial charge in [0.1, 0.15) is 5.58 Å². The fourth-order valence-electron chi connectivity index (χ4n) is 2.23. The van der Waals surface area contributed by atoms with Gasteiger partial charge >= 0.3 is 5.97 Å². The second-order valence-electron chi connectivity index (χ2n) is 5.38. The Hall–Kier alpha value is -2.50. The third-order valence-electron chi connectivity index (χ3n) is 3.49. The average Bonchev–Trinajstić information content (AvgIpc) is 2.99. The molecule has 0 aliphatic heterocycles. The molecule has 0 aliphatic rings. The Morgan fingerprint density at radius 3 is 2.60 bits per heavy atom. The lowest BCUT2D eigenvalue weighted by atomic mass is 10.2. The van der Waals surface area contributed by atoms with Crippen LogP contribution in [0, 0.1) is 6.92 Å². The van der Waals surface area contributed by atoms with Crippen molar-refractivity contribution in [2.24, 2.45) is 0 Å². The van der Waals surface area contributed by atoms with Crippen molar-refractivity contribution in [1.29, 1.82) is 0 Å². The van der Waals surface area contributed by atoms with Gasteiger partial charge in [-0.05, 0) is 48.9 Å². The van der Waals surface area contributed by atoms with Gasteiger partial charge in [-0.25, -0.2) is 4.79 Å². The number of aryl methyl sites for hydroxylation is 1. The zero-order chi connectivity index (χ0) is 18.0. The predicted molar refractivity (Wildman–Crippen MR) is 96.3 cm³/mol. The Balaban J connectivity index is 1.62. The Bertz CT molecular complexity index is 965. The van der Waals surface area contributed by atoms with E-state index in [4.69, 9.17) is 32.4 Å². The number of benzene rings is 2. The van der Waals surface area contributed by atoms with Gasteiger partial charge in [0.2, 0.25) is 5.76 Å². The number of anilines is 1. The summed E-state index contributed by atoms with van der Waals surface area (Å²) in [5, 5.41) is 4.35. The van der Waals surface area contributed by atoms with E-state index >= 15 is 0 Å². The van der Waals surface area contributed by atoms with E-state index in [0.717, 1.165) is 5.56 Å². The molecule has 0 fully saturated rings. The number of amides is 1. The summed E-state index contributed by atoms with van der Waals surface area (Å²) < 4.78 is 10.4. The first-order valence-corrected chi connectivity index (χ1v) is 8.10. The normalized spacial score (nSPS) is 10.7. The summed E-state index contributed by atoms with van der Waals surface area (Å²) >= 11 is 11.8. The lowest BCUT2D eigenvalue weighted by Gasteiger charge is -2.08. The van der Waals surface area contributed by atoms with E-state index in [1.165, 1.54) is 6.07 Å². The molecule has 3 aromatic rings. The first-order valence-electron chi connectivity index (χ1n) is 7.34. The van der Waals surface area contributed by atoms with Crippen LogP contribution in [-0.4, -0.2) is 18.5 Å². The number of rotatable bonds is 4. The molecular formula is C18H13Cl2NO4. The van der Waals surface area contributed by atoms with Crippen LogP contribution >= 0.6 is 23.2 Å². The van der Waals surface area contributed by atoms with E-state index < -0.39 is 18.5 Å². The maximum atomic E-state index is 12.0. The summed E-state index contributed by atoms with van der Waals surface area (Å²) in [4.78, 5) is 24.0. The zero-order valence-electron chi connectivity index (χ0n) is 13.1. The molecule has 128 valence electrons. The number of furan rings is 1. The molecule has 1 heterocycles. The van der Waals surface area contributed by atoms with Crippen molar-refractivity contribution < 1.29 is 18.7 Å². The van der Waals surface area contributed by atoms with Crippen LogP contribution in [0.1, 0.15) is 16.1 Å². The van der Waals surface area contributed by atoms with Crippen LogP contribution in [0.5, 0.6) is 0 Å². The minimum atomic E-state index is -0.731. The smallest absolute Gasteiger partial charge is 0.374 e.